The summed E-state index contributed by atoms with van der Waals surface area (Å²) in [5, 5.41) is 11.8. The number of pyridine rings is 2. The standard InChI is InChI=1S/C26H35N5O/c1-7-10-12-19(27)16-29-22-15-21(20-13-11-14-28-26(20)32-9-3)30-24-18(6)23(8-2)31(17(4)5)25(22)24/h10-15,17,27H,7-9,16H2,1-6H3,(H,29,30)/b12-10+,27-19?. The van der Waals surface area contributed by atoms with Gasteiger partial charge >= 0.3 is 0 Å². The Bertz CT molecular complexity index is 1130. The molecule has 0 bridgehead atoms. The molecule has 0 radical (unpaired) electrons. The highest BCUT2D eigenvalue weighted by atomic mass is 16.5. The first-order valence-electron chi connectivity index (χ1n) is 11.5. The highest BCUT2D eigenvalue weighted by Gasteiger charge is 2.21. The normalized spacial score (nSPS) is 11.6. The molecular weight excluding hydrogens is 398 g/mol. The lowest BCUT2D eigenvalue weighted by molar-refractivity contribution is 0.328. The number of hydrogen-bond donors (Lipinski definition) is 2. The number of aromatic nitrogens is 3. The molecule has 0 saturated heterocycles. The number of anilines is 1. The van der Waals surface area contributed by atoms with Crippen LogP contribution in [0.5, 0.6) is 5.88 Å². The van der Waals surface area contributed by atoms with Crippen LogP contribution in [-0.2, 0) is 6.42 Å². The Morgan fingerprint density at radius 2 is 2.06 bits per heavy atom. The Morgan fingerprint density at radius 1 is 1.28 bits per heavy atom. The Labute approximate surface area is 191 Å². The van der Waals surface area contributed by atoms with Gasteiger partial charge in [-0.3, -0.25) is 0 Å². The molecule has 170 valence electrons. The molecule has 0 amide bonds. The maximum absolute atomic E-state index is 8.28. The molecule has 32 heavy (non-hydrogen) atoms. The van der Waals surface area contributed by atoms with Gasteiger partial charge in [-0.25, -0.2) is 9.97 Å². The van der Waals surface area contributed by atoms with Crippen molar-refractivity contribution >= 4 is 22.4 Å². The smallest absolute Gasteiger partial charge is 0.222 e. The van der Waals surface area contributed by atoms with E-state index in [2.05, 4.69) is 55.6 Å². The number of allylic oxidation sites excluding steroid dienone is 1. The fraction of sp³-hybridized carbons (Fsp3) is 0.423. The number of hydrogen-bond acceptors (Lipinski definition) is 5. The zero-order valence-corrected chi connectivity index (χ0v) is 20.1. The molecule has 3 aromatic heterocycles. The summed E-state index contributed by atoms with van der Waals surface area (Å²) >= 11 is 0. The van der Waals surface area contributed by atoms with Gasteiger partial charge in [-0.15, -0.1) is 0 Å². The highest BCUT2D eigenvalue weighted by molar-refractivity contribution is 5.99. The molecule has 0 aliphatic rings. The van der Waals surface area contributed by atoms with E-state index in [1.807, 2.05) is 31.2 Å². The molecule has 6 nitrogen and oxygen atoms in total. The number of nitrogens with zero attached hydrogens (tertiary/aromatic N) is 3. The lowest BCUT2D eigenvalue weighted by Gasteiger charge is -2.18. The van der Waals surface area contributed by atoms with E-state index in [0.29, 0.717) is 30.8 Å². The molecule has 0 fully saturated rings. The van der Waals surface area contributed by atoms with Gasteiger partial charge in [0.2, 0.25) is 5.88 Å². The monoisotopic (exact) mass is 433 g/mol. The van der Waals surface area contributed by atoms with Crippen molar-refractivity contribution in [2.75, 3.05) is 18.5 Å². The number of nitrogens with one attached hydrogen (secondary N) is 2. The zero-order chi connectivity index (χ0) is 23.3. The first kappa shape index (κ1) is 23.5. The van der Waals surface area contributed by atoms with Crippen molar-refractivity contribution in [1.29, 1.82) is 5.41 Å². The van der Waals surface area contributed by atoms with Gasteiger partial charge in [-0.2, -0.15) is 0 Å². The summed E-state index contributed by atoms with van der Waals surface area (Å²) in [6.07, 6.45) is 7.47. The van der Waals surface area contributed by atoms with Crippen LogP contribution >= 0.6 is 0 Å². The summed E-state index contributed by atoms with van der Waals surface area (Å²) in [5.74, 6) is 0.586. The second-order valence-corrected chi connectivity index (χ2v) is 8.12. The van der Waals surface area contributed by atoms with Crippen LogP contribution in [0.2, 0.25) is 0 Å². The highest BCUT2D eigenvalue weighted by Crippen LogP contribution is 2.37. The van der Waals surface area contributed by atoms with E-state index in [-0.39, 0.29) is 0 Å². The van der Waals surface area contributed by atoms with Crippen molar-refractivity contribution < 1.29 is 4.74 Å². The van der Waals surface area contributed by atoms with Gasteiger partial charge in [0.25, 0.3) is 0 Å². The predicted octanol–water partition coefficient (Wildman–Crippen LogP) is 6.35. The summed E-state index contributed by atoms with van der Waals surface area (Å²) < 4.78 is 8.16. The van der Waals surface area contributed by atoms with E-state index < -0.39 is 0 Å². The van der Waals surface area contributed by atoms with Gasteiger partial charge < -0.3 is 20.0 Å². The van der Waals surface area contributed by atoms with Gasteiger partial charge in [0.1, 0.15) is 0 Å². The zero-order valence-electron chi connectivity index (χ0n) is 20.1. The first-order chi connectivity index (χ1) is 15.4. The second-order valence-electron chi connectivity index (χ2n) is 8.12. The third-order valence-electron chi connectivity index (χ3n) is 5.52. The third kappa shape index (κ3) is 4.69. The summed E-state index contributed by atoms with van der Waals surface area (Å²) in [4.78, 5) is 9.51. The number of ether oxygens (including phenoxy) is 1. The fourth-order valence-corrected chi connectivity index (χ4v) is 4.12. The average molecular weight is 434 g/mol. The Balaban J connectivity index is 2.23. The molecule has 0 atom stereocenters. The van der Waals surface area contributed by atoms with Gasteiger partial charge in [-0.05, 0) is 70.4 Å². The van der Waals surface area contributed by atoms with Crippen LogP contribution in [0.1, 0.15) is 58.3 Å². The maximum Gasteiger partial charge on any atom is 0.222 e. The summed E-state index contributed by atoms with van der Waals surface area (Å²) in [6.45, 7) is 13.8. The summed E-state index contributed by atoms with van der Waals surface area (Å²) in [6, 6.07) is 6.27. The van der Waals surface area contributed by atoms with E-state index in [1.54, 1.807) is 6.20 Å². The maximum atomic E-state index is 8.28. The minimum Gasteiger partial charge on any atom is -0.477 e. The Hall–Kier alpha value is -3.15. The molecule has 0 saturated carbocycles. The van der Waals surface area contributed by atoms with Crippen LogP contribution in [0.4, 0.5) is 5.69 Å². The van der Waals surface area contributed by atoms with Crippen LogP contribution < -0.4 is 10.1 Å². The van der Waals surface area contributed by atoms with Crippen LogP contribution in [-0.4, -0.2) is 33.4 Å². The Kier molecular flexibility index (Phi) is 7.67. The Morgan fingerprint density at radius 3 is 2.72 bits per heavy atom. The number of fused-ring (bicyclic) bond motifs is 1. The second kappa shape index (κ2) is 10.4. The van der Waals surface area contributed by atoms with Gasteiger partial charge in [0.05, 0.1) is 46.8 Å². The molecular formula is C26H35N5O. The van der Waals surface area contributed by atoms with Crippen molar-refractivity contribution in [2.45, 2.75) is 60.4 Å². The van der Waals surface area contributed by atoms with E-state index in [0.717, 1.165) is 40.8 Å². The minimum atomic E-state index is 0.297. The van der Waals surface area contributed by atoms with Crippen LogP contribution in [0.15, 0.2) is 36.5 Å². The molecule has 6 heteroatoms. The summed E-state index contributed by atoms with van der Waals surface area (Å²) in [7, 11) is 0. The van der Waals surface area contributed by atoms with Gasteiger partial charge in [0.15, 0.2) is 0 Å². The fourth-order valence-electron chi connectivity index (χ4n) is 4.12. The predicted molar refractivity (Wildman–Crippen MR) is 134 cm³/mol. The van der Waals surface area contributed by atoms with Gasteiger partial charge in [-0.1, -0.05) is 19.9 Å². The minimum absolute atomic E-state index is 0.297. The lowest BCUT2D eigenvalue weighted by atomic mass is 10.1. The lowest BCUT2D eigenvalue weighted by Crippen LogP contribution is -2.13. The molecule has 0 aromatic carbocycles. The van der Waals surface area contributed by atoms with Crippen LogP contribution in [0.3, 0.4) is 0 Å². The third-order valence-corrected chi connectivity index (χ3v) is 5.52. The van der Waals surface area contributed by atoms with E-state index in [9.17, 15) is 0 Å². The summed E-state index contributed by atoms with van der Waals surface area (Å²) in [5.41, 5.74) is 7.77. The van der Waals surface area contributed by atoms with Crippen LogP contribution in [0.25, 0.3) is 22.3 Å². The molecule has 2 N–H and O–H groups in total. The molecule has 3 heterocycles. The van der Waals surface area contributed by atoms with E-state index in [1.165, 1.54) is 11.3 Å². The van der Waals surface area contributed by atoms with E-state index in [4.69, 9.17) is 15.1 Å². The quantitative estimate of drug-likeness (QED) is 0.365. The van der Waals surface area contributed by atoms with Crippen molar-refractivity contribution in [1.82, 2.24) is 14.5 Å². The molecule has 0 aliphatic heterocycles. The van der Waals surface area contributed by atoms with Crippen molar-refractivity contribution in [3.05, 3.63) is 47.8 Å². The van der Waals surface area contributed by atoms with Crippen LogP contribution in [0, 0.1) is 12.3 Å². The van der Waals surface area contributed by atoms with Crippen molar-refractivity contribution in [3.63, 3.8) is 0 Å². The van der Waals surface area contributed by atoms with Crippen molar-refractivity contribution in [3.8, 4) is 17.1 Å². The first-order valence-corrected chi connectivity index (χ1v) is 11.5. The topological polar surface area (TPSA) is 75.8 Å². The van der Waals surface area contributed by atoms with Crippen molar-refractivity contribution in [2.24, 2.45) is 0 Å². The molecule has 0 spiro atoms. The SMILES string of the molecule is CC/C=C/C(=N)CNc1cc(-c2cccnc2OCC)nc2c(C)c(CC)n(C(C)C)c12. The molecule has 0 unspecified atom stereocenters. The van der Waals surface area contributed by atoms with E-state index >= 15 is 0 Å². The van der Waals surface area contributed by atoms with Gasteiger partial charge in [0, 0.05) is 17.9 Å². The number of aryl methyl sites for hydroxylation is 1. The number of rotatable bonds is 10. The molecule has 0 aliphatic carbocycles. The molecule has 3 aromatic rings. The largest absolute Gasteiger partial charge is 0.477 e. The average Bonchev–Trinajstić information content (AvgIpc) is 3.08. The molecule has 3 rings (SSSR count).